The highest BCUT2D eigenvalue weighted by Gasteiger charge is 2.11. The van der Waals surface area contributed by atoms with Crippen LogP contribution in [0.25, 0.3) is 11.1 Å². The highest BCUT2D eigenvalue weighted by molar-refractivity contribution is 5.81. The number of hydrogen-bond donors (Lipinski definition) is 2. The third-order valence-electron chi connectivity index (χ3n) is 3.20. The molecule has 0 bridgehead atoms. The SMILES string of the molecule is Cc1cccc(N)c1-c1ccccc1CCC(=O)O. The lowest BCUT2D eigenvalue weighted by molar-refractivity contribution is -0.136. The highest BCUT2D eigenvalue weighted by atomic mass is 16.4. The zero-order chi connectivity index (χ0) is 13.8. The van der Waals surface area contributed by atoms with E-state index in [1.54, 1.807) is 0 Å². The Kier molecular flexibility index (Phi) is 3.85. The predicted molar refractivity (Wildman–Crippen MR) is 77.0 cm³/mol. The first-order chi connectivity index (χ1) is 9.09. The molecule has 0 heterocycles. The summed E-state index contributed by atoms with van der Waals surface area (Å²) < 4.78 is 0. The van der Waals surface area contributed by atoms with Gasteiger partial charge < -0.3 is 10.8 Å². The summed E-state index contributed by atoms with van der Waals surface area (Å²) in [5.41, 5.74) is 10.9. The van der Waals surface area contributed by atoms with Crippen LogP contribution >= 0.6 is 0 Å². The van der Waals surface area contributed by atoms with E-state index in [2.05, 4.69) is 0 Å². The summed E-state index contributed by atoms with van der Waals surface area (Å²) in [6, 6.07) is 13.6. The van der Waals surface area contributed by atoms with Gasteiger partial charge in [0.1, 0.15) is 0 Å². The second kappa shape index (κ2) is 5.57. The Morgan fingerprint density at radius 3 is 2.58 bits per heavy atom. The fraction of sp³-hybridized carbons (Fsp3) is 0.188. The van der Waals surface area contributed by atoms with Gasteiger partial charge in [0.25, 0.3) is 0 Å². The van der Waals surface area contributed by atoms with E-state index in [0.29, 0.717) is 6.42 Å². The molecule has 0 radical (unpaired) electrons. The van der Waals surface area contributed by atoms with Gasteiger partial charge in [0.2, 0.25) is 0 Å². The van der Waals surface area contributed by atoms with E-state index in [1.165, 1.54) is 0 Å². The summed E-state index contributed by atoms with van der Waals surface area (Å²) in [7, 11) is 0. The van der Waals surface area contributed by atoms with Crippen molar-refractivity contribution in [3.05, 3.63) is 53.6 Å². The first kappa shape index (κ1) is 13.1. The van der Waals surface area contributed by atoms with Gasteiger partial charge in [-0.05, 0) is 36.1 Å². The summed E-state index contributed by atoms with van der Waals surface area (Å²) in [5, 5.41) is 8.82. The van der Waals surface area contributed by atoms with Gasteiger partial charge >= 0.3 is 5.97 Å². The number of carbonyl (C=O) groups is 1. The van der Waals surface area contributed by atoms with Crippen LogP contribution in [0.4, 0.5) is 5.69 Å². The van der Waals surface area contributed by atoms with Crippen molar-refractivity contribution in [2.75, 3.05) is 5.73 Å². The molecule has 3 N–H and O–H groups in total. The lowest BCUT2D eigenvalue weighted by atomic mass is 9.92. The third-order valence-corrected chi connectivity index (χ3v) is 3.20. The first-order valence-corrected chi connectivity index (χ1v) is 6.24. The normalized spacial score (nSPS) is 10.4. The maximum atomic E-state index is 10.7. The van der Waals surface area contributed by atoms with Gasteiger partial charge in [0.15, 0.2) is 0 Å². The van der Waals surface area contributed by atoms with Crippen LogP contribution in [0, 0.1) is 6.92 Å². The second-order valence-electron chi connectivity index (χ2n) is 4.59. The minimum Gasteiger partial charge on any atom is -0.481 e. The molecule has 3 nitrogen and oxygen atoms in total. The fourth-order valence-electron chi connectivity index (χ4n) is 2.28. The zero-order valence-corrected chi connectivity index (χ0v) is 10.9. The van der Waals surface area contributed by atoms with E-state index >= 15 is 0 Å². The molecule has 3 heteroatoms. The van der Waals surface area contributed by atoms with Gasteiger partial charge in [0, 0.05) is 17.7 Å². The standard InChI is InChI=1S/C16H17NO2/c1-11-5-4-8-14(17)16(11)13-7-3-2-6-12(13)9-10-15(18)19/h2-8H,9-10,17H2,1H3,(H,18,19). The van der Waals surface area contributed by atoms with Gasteiger partial charge in [-0.15, -0.1) is 0 Å². The molecule has 19 heavy (non-hydrogen) atoms. The Bertz CT molecular complexity index is 585. The predicted octanol–water partition coefficient (Wildman–Crippen LogP) is 3.26. The number of anilines is 1. The zero-order valence-electron chi connectivity index (χ0n) is 10.9. The average molecular weight is 255 g/mol. The number of carboxylic acids is 1. The number of rotatable bonds is 4. The van der Waals surface area contributed by atoms with E-state index in [0.717, 1.165) is 27.9 Å². The van der Waals surface area contributed by atoms with Crippen LogP contribution < -0.4 is 5.73 Å². The molecule has 0 saturated heterocycles. The molecule has 2 aromatic carbocycles. The molecule has 2 rings (SSSR count). The van der Waals surface area contributed by atoms with Gasteiger partial charge in [0.05, 0.1) is 0 Å². The molecule has 2 aromatic rings. The fourth-order valence-corrected chi connectivity index (χ4v) is 2.28. The summed E-state index contributed by atoms with van der Waals surface area (Å²) in [5.74, 6) is -0.785. The molecular formula is C16H17NO2. The smallest absolute Gasteiger partial charge is 0.303 e. The van der Waals surface area contributed by atoms with E-state index in [1.807, 2.05) is 49.4 Å². The number of hydrogen-bond acceptors (Lipinski definition) is 2. The number of nitrogen functional groups attached to an aromatic ring is 1. The van der Waals surface area contributed by atoms with Crippen molar-refractivity contribution in [2.45, 2.75) is 19.8 Å². The van der Waals surface area contributed by atoms with Gasteiger partial charge in [-0.3, -0.25) is 4.79 Å². The van der Waals surface area contributed by atoms with Crippen LogP contribution in [-0.2, 0) is 11.2 Å². The van der Waals surface area contributed by atoms with Crippen molar-refractivity contribution in [3.63, 3.8) is 0 Å². The minimum absolute atomic E-state index is 0.128. The van der Waals surface area contributed by atoms with Crippen LogP contribution in [0.3, 0.4) is 0 Å². The molecule has 0 spiro atoms. The summed E-state index contributed by atoms with van der Waals surface area (Å²) in [6.07, 6.45) is 0.641. The molecule has 0 fully saturated rings. The summed E-state index contributed by atoms with van der Waals surface area (Å²) >= 11 is 0. The van der Waals surface area contributed by atoms with E-state index in [-0.39, 0.29) is 6.42 Å². The largest absolute Gasteiger partial charge is 0.481 e. The average Bonchev–Trinajstić information content (AvgIpc) is 2.37. The van der Waals surface area contributed by atoms with Crippen molar-refractivity contribution in [2.24, 2.45) is 0 Å². The molecule has 0 atom stereocenters. The third kappa shape index (κ3) is 2.94. The van der Waals surface area contributed by atoms with Crippen molar-refractivity contribution < 1.29 is 9.90 Å². The van der Waals surface area contributed by atoms with Crippen molar-refractivity contribution in [3.8, 4) is 11.1 Å². The summed E-state index contributed by atoms with van der Waals surface area (Å²) in [6.45, 7) is 2.01. The number of nitrogens with two attached hydrogens (primary N) is 1. The van der Waals surface area contributed by atoms with Gasteiger partial charge in [-0.1, -0.05) is 36.4 Å². The van der Waals surface area contributed by atoms with Crippen LogP contribution in [-0.4, -0.2) is 11.1 Å². The first-order valence-electron chi connectivity index (χ1n) is 6.24. The molecule has 0 aliphatic heterocycles. The van der Waals surface area contributed by atoms with E-state index < -0.39 is 5.97 Å². The highest BCUT2D eigenvalue weighted by Crippen LogP contribution is 2.32. The van der Waals surface area contributed by atoms with Crippen LogP contribution in [0.15, 0.2) is 42.5 Å². The maximum absolute atomic E-state index is 10.7. The Morgan fingerprint density at radius 2 is 1.89 bits per heavy atom. The number of benzene rings is 2. The molecule has 98 valence electrons. The Morgan fingerprint density at radius 1 is 1.16 bits per heavy atom. The van der Waals surface area contributed by atoms with Crippen molar-refractivity contribution in [1.29, 1.82) is 0 Å². The van der Waals surface area contributed by atoms with E-state index in [4.69, 9.17) is 10.8 Å². The minimum atomic E-state index is -0.785. The van der Waals surface area contributed by atoms with Crippen LogP contribution in [0.2, 0.25) is 0 Å². The lowest BCUT2D eigenvalue weighted by Crippen LogP contribution is -2.00. The number of carboxylic acid groups (broad SMARTS) is 1. The number of aryl methyl sites for hydroxylation is 2. The Balaban J connectivity index is 2.47. The summed E-state index contributed by atoms with van der Waals surface area (Å²) in [4.78, 5) is 10.7. The van der Waals surface area contributed by atoms with E-state index in [9.17, 15) is 4.79 Å². The second-order valence-corrected chi connectivity index (χ2v) is 4.59. The molecular weight excluding hydrogens is 238 g/mol. The monoisotopic (exact) mass is 255 g/mol. The quantitative estimate of drug-likeness (QED) is 0.824. The Hall–Kier alpha value is -2.29. The maximum Gasteiger partial charge on any atom is 0.303 e. The van der Waals surface area contributed by atoms with Gasteiger partial charge in [-0.25, -0.2) is 0 Å². The number of aliphatic carboxylic acids is 1. The van der Waals surface area contributed by atoms with Crippen LogP contribution in [0.1, 0.15) is 17.5 Å². The molecule has 0 unspecified atom stereocenters. The van der Waals surface area contributed by atoms with Crippen molar-refractivity contribution in [1.82, 2.24) is 0 Å². The van der Waals surface area contributed by atoms with Crippen LogP contribution in [0.5, 0.6) is 0 Å². The lowest BCUT2D eigenvalue weighted by Gasteiger charge is -2.13. The van der Waals surface area contributed by atoms with Crippen molar-refractivity contribution >= 4 is 11.7 Å². The molecule has 0 aliphatic carbocycles. The molecule has 0 amide bonds. The molecule has 0 saturated carbocycles. The Labute approximate surface area is 112 Å². The molecule has 0 aromatic heterocycles. The van der Waals surface area contributed by atoms with Gasteiger partial charge in [-0.2, -0.15) is 0 Å². The molecule has 0 aliphatic rings. The topological polar surface area (TPSA) is 63.3 Å².